The Bertz CT molecular complexity index is 368. The summed E-state index contributed by atoms with van der Waals surface area (Å²) in [6, 6.07) is 4.00. The zero-order valence-electron chi connectivity index (χ0n) is 13.1. The highest BCUT2D eigenvalue weighted by Gasteiger charge is 2.13. The monoisotopic (exact) mass is 281 g/mol. The quantitative estimate of drug-likeness (QED) is 0.667. The van der Waals surface area contributed by atoms with Crippen LogP contribution >= 0.6 is 0 Å². The van der Waals surface area contributed by atoms with Gasteiger partial charge in [-0.3, -0.25) is 0 Å². The molecule has 0 aliphatic carbocycles. The van der Waals surface area contributed by atoms with Crippen LogP contribution in [0.5, 0.6) is 17.2 Å². The van der Waals surface area contributed by atoms with E-state index in [1.807, 2.05) is 12.1 Å². The number of hydrogen-bond donors (Lipinski definition) is 1. The number of rotatable bonds is 10. The second kappa shape index (κ2) is 9.48. The van der Waals surface area contributed by atoms with Gasteiger partial charge in [-0.25, -0.2) is 0 Å². The van der Waals surface area contributed by atoms with Crippen LogP contribution in [0.25, 0.3) is 0 Å². The fraction of sp³-hybridized carbons (Fsp3) is 0.625. The molecule has 1 N–H and O–H groups in total. The summed E-state index contributed by atoms with van der Waals surface area (Å²) in [5.74, 6) is 2.16. The fourth-order valence-corrected chi connectivity index (χ4v) is 1.97. The SMILES string of the molecule is CCCCCOc1c(OC)cc(CNCC)cc1OC. The van der Waals surface area contributed by atoms with Crippen molar-refractivity contribution in [3.05, 3.63) is 17.7 Å². The molecule has 0 unspecified atom stereocenters. The van der Waals surface area contributed by atoms with Crippen molar-refractivity contribution in [2.45, 2.75) is 39.7 Å². The first-order chi connectivity index (χ1) is 9.76. The predicted molar refractivity (Wildman–Crippen MR) is 81.9 cm³/mol. The third-order valence-corrected chi connectivity index (χ3v) is 3.09. The Kier molecular flexibility index (Phi) is 7.88. The molecule has 0 aromatic heterocycles. The maximum absolute atomic E-state index is 5.84. The smallest absolute Gasteiger partial charge is 0.203 e. The lowest BCUT2D eigenvalue weighted by molar-refractivity contribution is 0.268. The lowest BCUT2D eigenvalue weighted by Crippen LogP contribution is -2.12. The Balaban J connectivity index is 2.84. The predicted octanol–water partition coefficient (Wildman–Crippen LogP) is 3.38. The summed E-state index contributed by atoms with van der Waals surface area (Å²) < 4.78 is 16.7. The Hall–Kier alpha value is -1.42. The van der Waals surface area contributed by atoms with E-state index in [-0.39, 0.29) is 0 Å². The van der Waals surface area contributed by atoms with Crippen LogP contribution in [0, 0.1) is 0 Å². The number of hydrogen-bond acceptors (Lipinski definition) is 4. The molecule has 0 fully saturated rings. The van der Waals surface area contributed by atoms with E-state index in [0.29, 0.717) is 12.4 Å². The van der Waals surface area contributed by atoms with Gasteiger partial charge in [0.25, 0.3) is 0 Å². The molecule has 0 heterocycles. The van der Waals surface area contributed by atoms with Gasteiger partial charge in [0.1, 0.15) is 0 Å². The average Bonchev–Trinajstić information content (AvgIpc) is 2.49. The number of methoxy groups -OCH3 is 2. The molecule has 4 nitrogen and oxygen atoms in total. The molecule has 1 aromatic rings. The second-order valence-electron chi connectivity index (χ2n) is 4.67. The van der Waals surface area contributed by atoms with Gasteiger partial charge in [-0.2, -0.15) is 0 Å². The molecule has 0 aliphatic rings. The molecule has 0 radical (unpaired) electrons. The van der Waals surface area contributed by atoms with E-state index in [1.54, 1.807) is 14.2 Å². The van der Waals surface area contributed by atoms with Gasteiger partial charge in [0.2, 0.25) is 5.75 Å². The zero-order chi connectivity index (χ0) is 14.8. The molecule has 114 valence electrons. The topological polar surface area (TPSA) is 39.7 Å². The van der Waals surface area contributed by atoms with Crippen LogP contribution < -0.4 is 19.5 Å². The Morgan fingerprint density at radius 3 is 2.15 bits per heavy atom. The van der Waals surface area contributed by atoms with Gasteiger partial charge >= 0.3 is 0 Å². The molecule has 0 saturated carbocycles. The lowest BCUT2D eigenvalue weighted by Gasteiger charge is -2.16. The van der Waals surface area contributed by atoms with E-state index in [4.69, 9.17) is 14.2 Å². The van der Waals surface area contributed by atoms with Gasteiger partial charge in [-0.1, -0.05) is 26.7 Å². The van der Waals surface area contributed by atoms with Crippen molar-refractivity contribution >= 4 is 0 Å². The van der Waals surface area contributed by atoms with Gasteiger partial charge in [0, 0.05) is 6.54 Å². The van der Waals surface area contributed by atoms with Crippen LogP contribution in [-0.4, -0.2) is 27.4 Å². The van der Waals surface area contributed by atoms with Crippen LogP contribution in [0.15, 0.2) is 12.1 Å². The van der Waals surface area contributed by atoms with Crippen LogP contribution in [0.3, 0.4) is 0 Å². The van der Waals surface area contributed by atoms with E-state index >= 15 is 0 Å². The summed E-state index contributed by atoms with van der Waals surface area (Å²) in [5, 5.41) is 3.29. The van der Waals surface area contributed by atoms with Gasteiger partial charge in [-0.05, 0) is 30.7 Å². The minimum atomic E-state index is 0.688. The third kappa shape index (κ3) is 4.93. The van der Waals surface area contributed by atoms with Crippen LogP contribution in [0.1, 0.15) is 38.7 Å². The van der Waals surface area contributed by atoms with Gasteiger partial charge < -0.3 is 19.5 Å². The van der Waals surface area contributed by atoms with Crippen molar-refractivity contribution in [3.8, 4) is 17.2 Å². The summed E-state index contributed by atoms with van der Waals surface area (Å²) in [5.41, 5.74) is 1.13. The number of ether oxygens (including phenoxy) is 3. The van der Waals surface area contributed by atoms with Gasteiger partial charge in [0.15, 0.2) is 11.5 Å². The highest BCUT2D eigenvalue weighted by molar-refractivity contribution is 5.53. The molecule has 20 heavy (non-hydrogen) atoms. The van der Waals surface area contributed by atoms with Crippen molar-refractivity contribution in [2.24, 2.45) is 0 Å². The molecule has 0 atom stereocenters. The molecule has 1 rings (SSSR count). The molecule has 0 saturated heterocycles. The standard InChI is InChI=1S/C16H27NO3/c1-5-7-8-9-20-16-14(18-3)10-13(12-17-6-2)11-15(16)19-4/h10-11,17H,5-9,12H2,1-4H3. The van der Waals surface area contributed by atoms with Crippen LogP contribution in [-0.2, 0) is 6.54 Å². The van der Waals surface area contributed by atoms with E-state index < -0.39 is 0 Å². The molecular weight excluding hydrogens is 254 g/mol. The molecule has 0 spiro atoms. The first-order valence-electron chi connectivity index (χ1n) is 7.35. The molecule has 4 heteroatoms. The van der Waals surface area contributed by atoms with E-state index in [2.05, 4.69) is 19.2 Å². The van der Waals surface area contributed by atoms with Crippen LogP contribution in [0.2, 0.25) is 0 Å². The lowest BCUT2D eigenvalue weighted by atomic mass is 10.1. The van der Waals surface area contributed by atoms with Crippen molar-refractivity contribution < 1.29 is 14.2 Å². The molecule has 1 aromatic carbocycles. The number of unbranched alkanes of at least 4 members (excludes halogenated alkanes) is 2. The van der Waals surface area contributed by atoms with Crippen molar-refractivity contribution in [3.63, 3.8) is 0 Å². The van der Waals surface area contributed by atoms with E-state index in [1.165, 1.54) is 12.8 Å². The van der Waals surface area contributed by atoms with E-state index in [9.17, 15) is 0 Å². The fourth-order valence-electron chi connectivity index (χ4n) is 1.97. The first kappa shape index (κ1) is 16.6. The zero-order valence-corrected chi connectivity index (χ0v) is 13.1. The molecule has 0 amide bonds. The number of nitrogens with one attached hydrogen (secondary N) is 1. The Morgan fingerprint density at radius 2 is 1.65 bits per heavy atom. The van der Waals surface area contributed by atoms with Crippen molar-refractivity contribution in [2.75, 3.05) is 27.4 Å². The normalized spacial score (nSPS) is 10.4. The Labute approximate surface area is 122 Å². The third-order valence-electron chi connectivity index (χ3n) is 3.09. The van der Waals surface area contributed by atoms with Crippen molar-refractivity contribution in [1.82, 2.24) is 5.32 Å². The first-order valence-corrected chi connectivity index (χ1v) is 7.35. The number of benzene rings is 1. The summed E-state index contributed by atoms with van der Waals surface area (Å²) in [6.07, 6.45) is 3.39. The maximum Gasteiger partial charge on any atom is 0.203 e. The maximum atomic E-state index is 5.84. The molecule has 0 aliphatic heterocycles. The average molecular weight is 281 g/mol. The summed E-state index contributed by atoms with van der Waals surface area (Å²) in [7, 11) is 3.31. The van der Waals surface area contributed by atoms with Crippen LogP contribution in [0.4, 0.5) is 0 Å². The second-order valence-corrected chi connectivity index (χ2v) is 4.67. The largest absolute Gasteiger partial charge is 0.493 e. The Morgan fingerprint density at radius 1 is 1.00 bits per heavy atom. The molecule has 0 bridgehead atoms. The van der Waals surface area contributed by atoms with E-state index in [0.717, 1.165) is 36.6 Å². The van der Waals surface area contributed by atoms with Gasteiger partial charge in [0.05, 0.1) is 20.8 Å². The summed E-state index contributed by atoms with van der Waals surface area (Å²) in [6.45, 7) is 6.67. The minimum Gasteiger partial charge on any atom is -0.493 e. The highest BCUT2D eigenvalue weighted by Crippen LogP contribution is 2.38. The summed E-state index contributed by atoms with van der Waals surface area (Å²) >= 11 is 0. The van der Waals surface area contributed by atoms with Gasteiger partial charge in [-0.15, -0.1) is 0 Å². The minimum absolute atomic E-state index is 0.688. The summed E-state index contributed by atoms with van der Waals surface area (Å²) in [4.78, 5) is 0. The highest BCUT2D eigenvalue weighted by atomic mass is 16.5. The van der Waals surface area contributed by atoms with Crippen molar-refractivity contribution in [1.29, 1.82) is 0 Å². The molecular formula is C16H27NO3.